The van der Waals surface area contributed by atoms with Gasteiger partial charge >= 0.3 is 5.97 Å². The van der Waals surface area contributed by atoms with Gasteiger partial charge in [0.15, 0.2) is 5.65 Å². The molecule has 0 radical (unpaired) electrons. The Bertz CT molecular complexity index is 1480. The topological polar surface area (TPSA) is 162 Å². The molecule has 0 saturated carbocycles. The SMILES string of the molecule is Nc1ncnc2c1c(-c1ccc(Oc3ccccc3)cc1)nn2C1CCCN(C(=O)CCSCC(N)C(=O)O)C1. The highest BCUT2D eigenvalue weighted by molar-refractivity contribution is 7.99. The largest absolute Gasteiger partial charge is 0.480 e. The van der Waals surface area contributed by atoms with Crippen LogP contribution >= 0.6 is 11.8 Å². The number of amides is 1. The first-order valence-electron chi connectivity index (χ1n) is 13.1. The van der Waals surface area contributed by atoms with Gasteiger partial charge in [0.2, 0.25) is 5.91 Å². The van der Waals surface area contributed by atoms with Crippen molar-refractivity contribution in [1.82, 2.24) is 24.6 Å². The summed E-state index contributed by atoms with van der Waals surface area (Å²) in [7, 11) is 0. The van der Waals surface area contributed by atoms with Gasteiger partial charge in [-0.2, -0.15) is 16.9 Å². The Hall–Kier alpha value is -4.16. The standard InChI is InChI=1S/C28H31N7O4S/c29-22(28(37)38)16-40-14-12-23(36)34-13-4-5-19(15-34)35-27-24(26(30)31-17-32-27)25(33-35)18-8-10-21(11-9-18)39-20-6-2-1-3-7-20/h1-3,6-11,17,19,22H,4-5,12-16,29H2,(H,37,38)(H2,30,31,32). The van der Waals surface area contributed by atoms with Crippen molar-refractivity contribution in [2.75, 3.05) is 30.3 Å². The van der Waals surface area contributed by atoms with Crippen LogP contribution in [0.25, 0.3) is 22.3 Å². The molecule has 4 aromatic rings. The molecular weight excluding hydrogens is 530 g/mol. The van der Waals surface area contributed by atoms with Gasteiger partial charge in [-0.25, -0.2) is 14.6 Å². The van der Waals surface area contributed by atoms with Crippen molar-refractivity contribution in [3.8, 4) is 22.8 Å². The number of thioether (sulfide) groups is 1. The molecular formula is C28H31N7O4S. The molecule has 2 aromatic carbocycles. The van der Waals surface area contributed by atoms with E-state index in [1.165, 1.54) is 18.1 Å². The lowest BCUT2D eigenvalue weighted by Gasteiger charge is -2.33. The molecule has 1 aliphatic rings. The monoisotopic (exact) mass is 561 g/mol. The van der Waals surface area contributed by atoms with Gasteiger partial charge in [0, 0.05) is 36.6 Å². The van der Waals surface area contributed by atoms with Crippen molar-refractivity contribution in [3.05, 3.63) is 60.9 Å². The second kappa shape index (κ2) is 12.3. The number of carboxylic acids is 1. The van der Waals surface area contributed by atoms with Gasteiger partial charge in [-0.1, -0.05) is 18.2 Å². The van der Waals surface area contributed by atoms with E-state index in [2.05, 4.69) is 9.97 Å². The number of nitrogens with two attached hydrogens (primary N) is 2. The molecule has 1 aliphatic heterocycles. The number of aromatic nitrogens is 4. The highest BCUT2D eigenvalue weighted by Crippen LogP contribution is 2.35. The van der Waals surface area contributed by atoms with Gasteiger partial charge in [0.25, 0.3) is 0 Å². The van der Waals surface area contributed by atoms with Crippen molar-refractivity contribution in [2.24, 2.45) is 5.73 Å². The number of hydrogen-bond acceptors (Lipinski definition) is 9. The van der Waals surface area contributed by atoms with Crippen molar-refractivity contribution >= 4 is 40.5 Å². The Labute approximate surface area is 235 Å². The number of hydrogen-bond donors (Lipinski definition) is 3. The Morgan fingerprint density at radius 2 is 1.85 bits per heavy atom. The third-order valence-electron chi connectivity index (χ3n) is 6.79. The maximum Gasteiger partial charge on any atom is 0.321 e. The van der Waals surface area contributed by atoms with Crippen LogP contribution in [-0.2, 0) is 9.59 Å². The normalized spacial score (nSPS) is 16.1. The first-order valence-corrected chi connectivity index (χ1v) is 14.2. The third kappa shape index (κ3) is 6.18. The number of fused-ring (bicyclic) bond motifs is 1. The molecule has 2 atom stereocenters. The summed E-state index contributed by atoms with van der Waals surface area (Å²) in [6.45, 7) is 1.17. The molecule has 0 bridgehead atoms. The molecule has 5 N–H and O–H groups in total. The minimum atomic E-state index is -1.04. The van der Waals surface area contributed by atoms with Crippen LogP contribution < -0.4 is 16.2 Å². The number of nitrogen functional groups attached to an aromatic ring is 1. The summed E-state index contributed by atoms with van der Waals surface area (Å²) in [6, 6.07) is 16.2. The molecule has 0 aliphatic carbocycles. The van der Waals surface area contributed by atoms with Crippen molar-refractivity contribution in [1.29, 1.82) is 0 Å². The Balaban J connectivity index is 1.32. The van der Waals surface area contributed by atoms with Gasteiger partial charge in [-0.05, 0) is 49.2 Å². The number of nitrogens with zero attached hydrogens (tertiary/aromatic N) is 5. The number of rotatable bonds is 10. The maximum absolute atomic E-state index is 12.9. The molecule has 5 rings (SSSR count). The van der Waals surface area contributed by atoms with E-state index in [4.69, 9.17) is 26.4 Å². The molecule has 2 aromatic heterocycles. The minimum Gasteiger partial charge on any atom is -0.480 e. The van der Waals surface area contributed by atoms with E-state index < -0.39 is 12.0 Å². The number of likely N-dealkylation sites (tertiary alicyclic amines) is 1. The van der Waals surface area contributed by atoms with Crippen LogP contribution in [0, 0.1) is 0 Å². The predicted octanol–water partition coefficient (Wildman–Crippen LogP) is 3.57. The Kier molecular flexibility index (Phi) is 8.46. The zero-order valence-electron chi connectivity index (χ0n) is 21.8. The van der Waals surface area contributed by atoms with E-state index in [0.717, 1.165) is 24.2 Å². The summed E-state index contributed by atoms with van der Waals surface area (Å²) in [6.07, 6.45) is 3.43. The minimum absolute atomic E-state index is 0.0286. The van der Waals surface area contributed by atoms with Crippen molar-refractivity contribution in [3.63, 3.8) is 0 Å². The number of anilines is 1. The molecule has 1 fully saturated rings. The molecule has 40 heavy (non-hydrogen) atoms. The lowest BCUT2D eigenvalue weighted by Crippen LogP contribution is -2.41. The van der Waals surface area contributed by atoms with E-state index in [9.17, 15) is 9.59 Å². The van der Waals surface area contributed by atoms with Gasteiger partial charge in [0.05, 0.1) is 11.4 Å². The molecule has 208 valence electrons. The summed E-state index contributed by atoms with van der Waals surface area (Å²) < 4.78 is 7.80. The molecule has 11 nitrogen and oxygen atoms in total. The van der Waals surface area contributed by atoms with E-state index in [0.29, 0.717) is 53.6 Å². The smallest absolute Gasteiger partial charge is 0.321 e. The van der Waals surface area contributed by atoms with Crippen molar-refractivity contribution < 1.29 is 19.4 Å². The number of benzene rings is 2. The number of piperidine rings is 1. The van der Waals surface area contributed by atoms with Crippen LogP contribution in [0.15, 0.2) is 60.9 Å². The highest BCUT2D eigenvalue weighted by atomic mass is 32.2. The van der Waals surface area contributed by atoms with E-state index >= 15 is 0 Å². The maximum atomic E-state index is 12.9. The fourth-order valence-electron chi connectivity index (χ4n) is 4.74. The molecule has 1 saturated heterocycles. The summed E-state index contributed by atoms with van der Waals surface area (Å²) in [4.78, 5) is 34.4. The second-order valence-electron chi connectivity index (χ2n) is 9.60. The van der Waals surface area contributed by atoms with Gasteiger partial charge in [0.1, 0.15) is 35.4 Å². The Morgan fingerprint density at radius 1 is 1.10 bits per heavy atom. The summed E-state index contributed by atoms with van der Waals surface area (Å²) in [5, 5.41) is 14.5. The average molecular weight is 562 g/mol. The molecule has 0 spiro atoms. The predicted molar refractivity (Wildman–Crippen MR) is 154 cm³/mol. The average Bonchev–Trinajstić information content (AvgIpc) is 3.37. The zero-order chi connectivity index (χ0) is 28.1. The van der Waals surface area contributed by atoms with Gasteiger partial charge in [-0.3, -0.25) is 9.59 Å². The van der Waals surface area contributed by atoms with Crippen molar-refractivity contribution in [2.45, 2.75) is 31.3 Å². The number of aliphatic carboxylic acids is 1. The lowest BCUT2D eigenvalue weighted by molar-refractivity contribution is -0.138. The Morgan fingerprint density at radius 3 is 2.60 bits per heavy atom. The van der Waals surface area contributed by atoms with Crippen LogP contribution in [0.4, 0.5) is 5.82 Å². The molecule has 2 unspecified atom stereocenters. The number of carboxylic acid groups (broad SMARTS) is 1. The number of para-hydroxylation sites is 1. The van der Waals surface area contributed by atoms with Gasteiger partial charge in [-0.15, -0.1) is 0 Å². The van der Waals surface area contributed by atoms with Crippen LogP contribution in [-0.4, -0.2) is 72.3 Å². The third-order valence-corrected chi connectivity index (χ3v) is 7.88. The van der Waals surface area contributed by atoms with Crippen LogP contribution in [0.1, 0.15) is 25.3 Å². The number of carbonyl (C=O) groups is 2. The lowest BCUT2D eigenvalue weighted by atomic mass is 10.1. The highest BCUT2D eigenvalue weighted by Gasteiger charge is 2.28. The van der Waals surface area contributed by atoms with Gasteiger partial charge < -0.3 is 26.2 Å². The van der Waals surface area contributed by atoms with E-state index in [1.54, 1.807) is 0 Å². The summed E-state index contributed by atoms with van der Waals surface area (Å²) in [5.41, 5.74) is 14.0. The van der Waals surface area contributed by atoms with E-state index in [1.807, 2.05) is 64.2 Å². The van der Waals surface area contributed by atoms with Crippen LogP contribution in [0.3, 0.4) is 0 Å². The van der Waals surface area contributed by atoms with Crippen LogP contribution in [0.2, 0.25) is 0 Å². The fourth-order valence-corrected chi connectivity index (χ4v) is 5.62. The summed E-state index contributed by atoms with van der Waals surface area (Å²) >= 11 is 1.37. The molecule has 12 heteroatoms. The second-order valence-corrected chi connectivity index (χ2v) is 10.7. The quantitative estimate of drug-likeness (QED) is 0.244. The zero-order valence-corrected chi connectivity index (χ0v) is 22.7. The van der Waals surface area contributed by atoms with E-state index in [-0.39, 0.29) is 17.7 Å². The first kappa shape index (κ1) is 27.4. The molecule has 3 heterocycles. The number of ether oxygens (including phenoxy) is 1. The summed E-state index contributed by atoms with van der Waals surface area (Å²) in [5.74, 6) is 1.58. The van der Waals surface area contributed by atoms with Crippen LogP contribution in [0.5, 0.6) is 11.5 Å². The molecule has 1 amide bonds. The first-order chi connectivity index (χ1) is 19.4. The number of carbonyl (C=O) groups excluding carboxylic acids is 1. The fraction of sp³-hybridized carbons (Fsp3) is 0.321.